The Bertz CT molecular complexity index is 942. The third-order valence-corrected chi connectivity index (χ3v) is 7.45. The van der Waals surface area contributed by atoms with Crippen LogP contribution in [0.3, 0.4) is 0 Å². The van der Waals surface area contributed by atoms with Crippen LogP contribution in [0.25, 0.3) is 0 Å². The summed E-state index contributed by atoms with van der Waals surface area (Å²) in [5, 5.41) is 0.696. The summed E-state index contributed by atoms with van der Waals surface area (Å²) in [5.41, 5.74) is 1.77. The fourth-order valence-corrected chi connectivity index (χ4v) is 5.20. The highest BCUT2D eigenvalue weighted by Gasteiger charge is 2.34. The van der Waals surface area contributed by atoms with Crippen molar-refractivity contribution in [3.8, 4) is 0 Å². The molecule has 0 aliphatic carbocycles. The highest BCUT2D eigenvalue weighted by atomic mass is 35.5. The number of rotatable bonds is 6. The minimum atomic E-state index is -4.36. The lowest BCUT2D eigenvalue weighted by molar-refractivity contribution is -0.138. The highest BCUT2D eigenvalue weighted by Crippen LogP contribution is 2.35. The molecule has 2 saturated heterocycles. The maximum Gasteiger partial charge on any atom is 0.416 e. The third-order valence-electron chi connectivity index (χ3n) is 7.20. The van der Waals surface area contributed by atoms with Crippen molar-refractivity contribution in [2.75, 3.05) is 63.2 Å². The van der Waals surface area contributed by atoms with Gasteiger partial charge in [-0.2, -0.15) is 13.2 Å². The van der Waals surface area contributed by atoms with Crippen molar-refractivity contribution in [2.24, 2.45) is 0 Å². The lowest BCUT2D eigenvalue weighted by atomic mass is 10.0. The Morgan fingerprint density at radius 1 is 0.971 bits per heavy atom. The molecule has 2 aliphatic rings. The molecule has 2 heterocycles. The summed E-state index contributed by atoms with van der Waals surface area (Å²) < 4.78 is 41.5. The second-order valence-electron chi connectivity index (χ2n) is 9.59. The predicted molar refractivity (Wildman–Crippen MR) is 134 cm³/mol. The van der Waals surface area contributed by atoms with Crippen LogP contribution in [0, 0.1) is 0 Å². The zero-order valence-electron chi connectivity index (χ0n) is 20.0. The summed E-state index contributed by atoms with van der Waals surface area (Å²) in [6.45, 7) is 5.18. The molecule has 0 aromatic heterocycles. The average Bonchev–Trinajstić information content (AvgIpc) is 2.81. The molecule has 2 fully saturated rings. The van der Waals surface area contributed by atoms with Crippen molar-refractivity contribution in [2.45, 2.75) is 38.0 Å². The number of piperazine rings is 1. The van der Waals surface area contributed by atoms with Crippen LogP contribution in [0.15, 0.2) is 42.5 Å². The fraction of sp³-hybridized carbons (Fsp3) is 0.538. The molecular weight excluding hydrogens is 461 g/mol. The van der Waals surface area contributed by atoms with E-state index in [1.54, 1.807) is 12.1 Å². The van der Waals surface area contributed by atoms with E-state index in [0.29, 0.717) is 36.3 Å². The van der Waals surface area contributed by atoms with Gasteiger partial charge < -0.3 is 14.7 Å². The van der Waals surface area contributed by atoms with Gasteiger partial charge in [-0.1, -0.05) is 18.0 Å². The molecule has 2 aromatic rings. The van der Waals surface area contributed by atoms with Gasteiger partial charge >= 0.3 is 6.18 Å². The van der Waals surface area contributed by atoms with Crippen LogP contribution in [-0.2, 0) is 12.7 Å². The predicted octanol–water partition coefficient (Wildman–Crippen LogP) is 5.60. The number of hydrogen-bond acceptors (Lipinski definition) is 4. The van der Waals surface area contributed by atoms with Gasteiger partial charge in [0.1, 0.15) is 0 Å². The van der Waals surface area contributed by atoms with Crippen molar-refractivity contribution in [3.05, 3.63) is 58.6 Å². The molecule has 4 rings (SSSR count). The third kappa shape index (κ3) is 6.18. The van der Waals surface area contributed by atoms with Crippen molar-refractivity contribution in [1.82, 2.24) is 9.80 Å². The van der Waals surface area contributed by atoms with Gasteiger partial charge in [-0.15, -0.1) is 0 Å². The molecule has 8 heteroatoms. The SMILES string of the molecule is CN(CC1CCCCN1C)c1ccc(C(F)(F)F)c(CN2CCN(c3ccc(Cl)cc3)CC2)c1. The molecule has 0 saturated carbocycles. The second kappa shape index (κ2) is 10.8. The number of alkyl halides is 3. The van der Waals surface area contributed by atoms with E-state index in [9.17, 15) is 13.2 Å². The first-order valence-electron chi connectivity index (χ1n) is 12.0. The zero-order chi connectivity index (χ0) is 24.3. The standard InChI is InChI=1S/C26H34ClF3N4/c1-31-12-4-3-5-24(31)19-32(2)23-10-11-25(26(28,29)30)20(17-23)18-33-13-15-34(16-14-33)22-8-6-21(27)7-9-22/h6-11,17,24H,3-5,12-16,18-19H2,1-2H3. The maximum absolute atomic E-state index is 13.8. The Kier molecular flexibility index (Phi) is 7.95. The highest BCUT2D eigenvalue weighted by molar-refractivity contribution is 6.30. The van der Waals surface area contributed by atoms with Gasteiger partial charge in [0.2, 0.25) is 0 Å². The number of benzene rings is 2. The molecule has 4 nitrogen and oxygen atoms in total. The molecule has 34 heavy (non-hydrogen) atoms. The van der Waals surface area contributed by atoms with Gasteiger partial charge in [0.05, 0.1) is 5.56 Å². The van der Waals surface area contributed by atoms with E-state index in [0.717, 1.165) is 44.0 Å². The first kappa shape index (κ1) is 25.1. The van der Waals surface area contributed by atoms with Crippen molar-refractivity contribution in [3.63, 3.8) is 0 Å². The summed E-state index contributed by atoms with van der Waals surface area (Å²) in [7, 11) is 4.12. The Hall–Kier alpha value is -1.96. The Balaban J connectivity index is 1.45. The quantitative estimate of drug-likeness (QED) is 0.518. The minimum absolute atomic E-state index is 0.300. The monoisotopic (exact) mass is 494 g/mol. The first-order chi connectivity index (χ1) is 16.2. The molecule has 0 radical (unpaired) electrons. The second-order valence-corrected chi connectivity index (χ2v) is 10.0. The Morgan fingerprint density at radius 3 is 2.32 bits per heavy atom. The van der Waals surface area contributed by atoms with Crippen LogP contribution in [-0.4, -0.2) is 69.2 Å². The zero-order valence-corrected chi connectivity index (χ0v) is 20.7. The van der Waals surface area contributed by atoms with Gasteiger partial charge in [-0.25, -0.2) is 0 Å². The fourth-order valence-electron chi connectivity index (χ4n) is 5.08. The van der Waals surface area contributed by atoms with Gasteiger partial charge in [0.15, 0.2) is 0 Å². The van der Waals surface area contributed by atoms with Crippen molar-refractivity contribution >= 4 is 23.0 Å². The molecule has 0 N–H and O–H groups in total. The van der Waals surface area contributed by atoms with Crippen LogP contribution < -0.4 is 9.80 Å². The molecular formula is C26H34ClF3N4. The molecule has 186 valence electrons. The summed E-state index contributed by atoms with van der Waals surface area (Å²) in [4.78, 5) is 8.85. The summed E-state index contributed by atoms with van der Waals surface area (Å²) in [6.07, 6.45) is -0.803. The molecule has 1 unspecified atom stereocenters. The number of likely N-dealkylation sites (tertiary alicyclic amines) is 1. The minimum Gasteiger partial charge on any atom is -0.373 e. The maximum atomic E-state index is 13.8. The number of anilines is 2. The Morgan fingerprint density at radius 2 is 1.68 bits per heavy atom. The lowest BCUT2D eigenvalue weighted by Crippen LogP contribution is -2.46. The van der Waals surface area contributed by atoms with Gasteiger partial charge in [0, 0.05) is 68.8 Å². The molecule has 0 amide bonds. The van der Waals surface area contributed by atoms with E-state index in [1.807, 2.05) is 31.3 Å². The number of halogens is 4. The van der Waals surface area contributed by atoms with E-state index in [4.69, 9.17) is 11.6 Å². The summed E-state index contributed by atoms with van der Waals surface area (Å²) >= 11 is 5.99. The van der Waals surface area contributed by atoms with Gasteiger partial charge in [-0.3, -0.25) is 4.90 Å². The summed E-state index contributed by atoms with van der Waals surface area (Å²) in [5.74, 6) is 0. The molecule has 0 bridgehead atoms. The van der Waals surface area contributed by atoms with Gasteiger partial charge in [0.25, 0.3) is 0 Å². The van der Waals surface area contributed by atoms with Crippen molar-refractivity contribution < 1.29 is 13.2 Å². The van der Waals surface area contributed by atoms with E-state index < -0.39 is 11.7 Å². The van der Waals surface area contributed by atoms with E-state index in [1.165, 1.54) is 18.9 Å². The van der Waals surface area contributed by atoms with Crippen LogP contribution in [0.2, 0.25) is 5.02 Å². The van der Waals surface area contributed by atoms with E-state index in [-0.39, 0.29) is 0 Å². The average molecular weight is 495 g/mol. The van der Waals surface area contributed by atoms with Crippen LogP contribution in [0.5, 0.6) is 0 Å². The van der Waals surface area contributed by atoms with Crippen LogP contribution >= 0.6 is 11.6 Å². The summed E-state index contributed by atoms with van der Waals surface area (Å²) in [6, 6.07) is 12.8. The lowest BCUT2D eigenvalue weighted by Gasteiger charge is -2.37. The normalized spacial score (nSPS) is 20.5. The van der Waals surface area contributed by atoms with Crippen LogP contribution in [0.1, 0.15) is 30.4 Å². The van der Waals surface area contributed by atoms with Crippen LogP contribution in [0.4, 0.5) is 24.5 Å². The first-order valence-corrected chi connectivity index (χ1v) is 12.4. The number of likely N-dealkylation sites (N-methyl/N-ethyl adjacent to an activating group) is 2. The Labute approximate surface area is 205 Å². The smallest absolute Gasteiger partial charge is 0.373 e. The molecule has 2 aromatic carbocycles. The van der Waals surface area contributed by atoms with E-state index >= 15 is 0 Å². The number of nitrogens with zero attached hydrogens (tertiary/aromatic N) is 4. The topological polar surface area (TPSA) is 13.0 Å². The molecule has 0 spiro atoms. The molecule has 1 atom stereocenters. The molecule has 2 aliphatic heterocycles. The van der Waals surface area contributed by atoms with E-state index in [2.05, 4.69) is 26.6 Å². The largest absolute Gasteiger partial charge is 0.416 e. The number of hydrogen-bond donors (Lipinski definition) is 0. The van der Waals surface area contributed by atoms with Gasteiger partial charge in [-0.05, 0) is 74.5 Å². The van der Waals surface area contributed by atoms with Crippen molar-refractivity contribution in [1.29, 1.82) is 0 Å². The number of piperidine rings is 1.